The summed E-state index contributed by atoms with van der Waals surface area (Å²) >= 11 is 0. The van der Waals surface area contributed by atoms with Gasteiger partial charge in [0.25, 0.3) is 0 Å². The van der Waals surface area contributed by atoms with Crippen molar-refractivity contribution in [2.45, 2.75) is 0 Å². The molecule has 1 atom stereocenters. The van der Waals surface area contributed by atoms with Gasteiger partial charge in [-0.25, -0.2) is 0 Å². The van der Waals surface area contributed by atoms with Crippen LogP contribution < -0.4 is 34.5 Å². The quantitative estimate of drug-likeness (QED) is 0.265. The van der Waals surface area contributed by atoms with E-state index in [2.05, 4.69) is 17.7 Å². The summed E-state index contributed by atoms with van der Waals surface area (Å²) in [5, 5.41) is 0. The normalized spacial score (nSPS) is 10.6. The molecule has 0 heterocycles. The molecule has 0 rings (SSSR count). The van der Waals surface area contributed by atoms with Crippen LogP contribution in [0.3, 0.4) is 0 Å². The number of hydrogen-bond acceptors (Lipinski definition) is 4. The minimum absolute atomic E-state index is 0. The molecular weight excluding hydrogens is 212 g/mol. The van der Waals surface area contributed by atoms with Crippen molar-refractivity contribution in [2.75, 3.05) is 26.2 Å². The Morgan fingerprint density at radius 2 is 1.86 bits per heavy atom. The van der Waals surface area contributed by atoms with Gasteiger partial charge in [0.15, 0.2) is 0 Å². The smallest absolute Gasteiger partial charge is 0.566 e. The number of hydrogen-bond donors (Lipinski definition) is 0. The largest absolute Gasteiger partial charge is 1.00 e. The molecule has 0 aliphatic carbocycles. The van der Waals surface area contributed by atoms with Gasteiger partial charge in [-0.3, -0.25) is 4.90 Å². The molecule has 0 aliphatic rings. The van der Waals surface area contributed by atoms with Gasteiger partial charge in [-0.05, 0) is 4.57 Å². The van der Waals surface area contributed by atoms with Crippen LogP contribution in [0.5, 0.6) is 0 Å². The zero-order chi connectivity index (χ0) is 10.1. The van der Waals surface area contributed by atoms with Crippen LogP contribution in [-0.4, -0.2) is 31.1 Å². The summed E-state index contributed by atoms with van der Waals surface area (Å²) in [6, 6.07) is 0. The molecule has 0 radical (unpaired) electrons. The first-order valence-electron chi connectivity index (χ1n) is 3.92. The second-order valence-corrected chi connectivity index (χ2v) is 3.10. The van der Waals surface area contributed by atoms with Crippen molar-refractivity contribution in [1.82, 2.24) is 4.90 Å². The summed E-state index contributed by atoms with van der Waals surface area (Å²) in [6.45, 7) is 9.32. The molecule has 0 aliphatic heterocycles. The third kappa shape index (κ3) is 10.5. The van der Waals surface area contributed by atoms with Gasteiger partial charge in [0.1, 0.15) is 6.61 Å². The Labute approximate surface area is 108 Å². The van der Waals surface area contributed by atoms with E-state index < -0.39 is 8.25 Å². The van der Waals surface area contributed by atoms with Crippen molar-refractivity contribution in [1.29, 1.82) is 0 Å². The van der Waals surface area contributed by atoms with Gasteiger partial charge < -0.3 is 4.89 Å². The van der Waals surface area contributed by atoms with Crippen LogP contribution in [-0.2, 0) is 9.09 Å². The number of nitrogens with zero attached hydrogens (tertiary/aromatic N) is 1. The second-order valence-electron chi connectivity index (χ2n) is 2.39. The maximum Gasteiger partial charge on any atom is 1.00 e. The van der Waals surface area contributed by atoms with Gasteiger partial charge in [0.05, 0.1) is 0 Å². The van der Waals surface area contributed by atoms with Crippen LogP contribution >= 0.6 is 8.25 Å². The van der Waals surface area contributed by atoms with E-state index in [1.54, 1.807) is 12.2 Å². The standard InChI is InChI=1S/C8H14NO3P.Na/c1-3-5-9(6-4-2)7-8-12-13(10)11;/h3-4H,1-2,5-8H2;/q;+1. The molecule has 1 unspecified atom stereocenters. The summed E-state index contributed by atoms with van der Waals surface area (Å²) in [7, 11) is -2.73. The third-order valence-electron chi connectivity index (χ3n) is 1.38. The Morgan fingerprint density at radius 3 is 2.21 bits per heavy atom. The van der Waals surface area contributed by atoms with E-state index in [4.69, 9.17) is 0 Å². The van der Waals surface area contributed by atoms with Crippen LogP contribution in [0.25, 0.3) is 0 Å². The molecule has 74 valence electrons. The second kappa shape index (κ2) is 11.5. The molecule has 0 amide bonds. The summed E-state index contributed by atoms with van der Waals surface area (Å²) in [6.07, 6.45) is 3.50. The van der Waals surface area contributed by atoms with Gasteiger partial charge >= 0.3 is 37.8 Å². The molecule has 0 fully saturated rings. The molecule has 0 N–H and O–H groups in total. The van der Waals surface area contributed by atoms with E-state index in [9.17, 15) is 9.46 Å². The fourth-order valence-electron chi connectivity index (χ4n) is 0.867. The fourth-order valence-corrected chi connectivity index (χ4v) is 1.10. The third-order valence-corrected chi connectivity index (χ3v) is 1.77. The van der Waals surface area contributed by atoms with E-state index in [0.29, 0.717) is 19.6 Å². The molecule has 6 heteroatoms. The molecular formula is C8H14NNaO3P+. The molecule has 0 aromatic heterocycles. The molecule has 0 bridgehead atoms. The zero-order valence-electron chi connectivity index (χ0n) is 8.52. The van der Waals surface area contributed by atoms with E-state index in [1.165, 1.54) is 0 Å². The van der Waals surface area contributed by atoms with E-state index in [0.717, 1.165) is 0 Å². The maximum atomic E-state index is 10.1. The van der Waals surface area contributed by atoms with Gasteiger partial charge in [-0.15, -0.1) is 17.7 Å². The van der Waals surface area contributed by atoms with Crippen molar-refractivity contribution < 1.29 is 43.5 Å². The van der Waals surface area contributed by atoms with Crippen molar-refractivity contribution >= 4 is 8.25 Å². The molecule has 0 saturated heterocycles. The average Bonchev–Trinajstić information content (AvgIpc) is 2.04. The van der Waals surface area contributed by atoms with Gasteiger partial charge in [-0.1, -0.05) is 12.2 Å². The minimum atomic E-state index is -2.73. The molecule has 4 nitrogen and oxygen atoms in total. The van der Waals surface area contributed by atoms with Crippen molar-refractivity contribution in [3.8, 4) is 0 Å². The Balaban J connectivity index is 0. The van der Waals surface area contributed by atoms with Gasteiger partial charge in [0, 0.05) is 19.6 Å². The first kappa shape index (κ1) is 16.9. The molecule has 0 aromatic carbocycles. The SMILES string of the molecule is C=CCN(CC=C)CCO[P+](=O)[O-].[Na+]. The van der Waals surface area contributed by atoms with Crippen LogP contribution in [0, 0.1) is 0 Å². The summed E-state index contributed by atoms with van der Waals surface area (Å²) in [5.41, 5.74) is 0. The van der Waals surface area contributed by atoms with Gasteiger partial charge in [0.2, 0.25) is 0 Å². The molecule has 0 saturated carbocycles. The summed E-state index contributed by atoms with van der Waals surface area (Å²) in [4.78, 5) is 12.0. The molecule has 0 spiro atoms. The van der Waals surface area contributed by atoms with Crippen LogP contribution in [0.15, 0.2) is 25.3 Å². The molecule has 14 heavy (non-hydrogen) atoms. The topological polar surface area (TPSA) is 52.6 Å². The first-order valence-corrected chi connectivity index (χ1v) is 5.01. The van der Waals surface area contributed by atoms with Crippen LogP contribution in [0.4, 0.5) is 0 Å². The monoisotopic (exact) mass is 226 g/mol. The Hall–Kier alpha value is 0.460. The predicted octanol–water partition coefficient (Wildman–Crippen LogP) is -2.30. The van der Waals surface area contributed by atoms with E-state index in [-0.39, 0.29) is 36.2 Å². The maximum absolute atomic E-state index is 10.1. The van der Waals surface area contributed by atoms with Crippen molar-refractivity contribution in [2.24, 2.45) is 0 Å². The summed E-state index contributed by atoms with van der Waals surface area (Å²) in [5.74, 6) is 0. The van der Waals surface area contributed by atoms with Crippen molar-refractivity contribution in [3.05, 3.63) is 25.3 Å². The fraction of sp³-hybridized carbons (Fsp3) is 0.500. The first-order chi connectivity index (χ1) is 6.20. The van der Waals surface area contributed by atoms with Crippen LogP contribution in [0.1, 0.15) is 0 Å². The summed E-state index contributed by atoms with van der Waals surface area (Å²) < 4.78 is 14.5. The van der Waals surface area contributed by atoms with Gasteiger partial charge in [-0.2, -0.15) is 0 Å². The van der Waals surface area contributed by atoms with E-state index in [1.807, 2.05) is 4.90 Å². The predicted molar refractivity (Wildman–Crippen MR) is 50.4 cm³/mol. The Morgan fingerprint density at radius 1 is 1.36 bits per heavy atom. The number of rotatable bonds is 8. The Bertz CT molecular complexity index is 179. The molecule has 0 aromatic rings. The zero-order valence-corrected chi connectivity index (χ0v) is 11.4. The Kier molecular flexibility index (Phi) is 13.9. The average molecular weight is 226 g/mol. The minimum Gasteiger partial charge on any atom is -0.566 e. The van der Waals surface area contributed by atoms with Crippen molar-refractivity contribution in [3.63, 3.8) is 0 Å². The van der Waals surface area contributed by atoms with Crippen LogP contribution in [0.2, 0.25) is 0 Å². The van der Waals surface area contributed by atoms with E-state index >= 15 is 0 Å².